The van der Waals surface area contributed by atoms with Crippen LogP contribution in [0.15, 0.2) is 108 Å². The number of aromatic nitrogens is 1. The second-order valence-corrected chi connectivity index (χ2v) is 24.4. The van der Waals surface area contributed by atoms with E-state index in [4.69, 9.17) is 23.1 Å². The number of esters is 3. The summed E-state index contributed by atoms with van der Waals surface area (Å²) in [5, 5.41) is 14.5. The van der Waals surface area contributed by atoms with Gasteiger partial charge in [-0.1, -0.05) is 99.2 Å². The zero-order valence-electron chi connectivity index (χ0n) is 45.2. The van der Waals surface area contributed by atoms with Crippen LogP contribution in [0.4, 0.5) is 5.69 Å². The maximum atomic E-state index is 16.0. The van der Waals surface area contributed by atoms with Crippen LogP contribution in [-0.2, 0) is 66.7 Å². The number of aliphatic hydroxyl groups is 1. The molecule has 0 amide bonds. The molecular formula is C60H72N4O11S. The number of aromatic amines is 1. The van der Waals surface area contributed by atoms with E-state index in [-0.39, 0.29) is 29.9 Å². The number of hydrogen-bond donors (Lipinski definition) is 2. The van der Waals surface area contributed by atoms with Gasteiger partial charge in [-0.15, -0.1) is 0 Å². The highest BCUT2D eigenvalue weighted by molar-refractivity contribution is 7.86. The summed E-state index contributed by atoms with van der Waals surface area (Å²) in [6.07, 6.45) is 4.87. The van der Waals surface area contributed by atoms with Crippen LogP contribution in [0, 0.1) is 23.7 Å². The van der Waals surface area contributed by atoms with E-state index in [9.17, 15) is 23.1 Å². The quantitative estimate of drug-likeness (QED) is 0.0477. The smallest absolute Gasteiger partial charge is 0.344 e. The lowest BCUT2D eigenvalue weighted by molar-refractivity contribution is -0.228. The van der Waals surface area contributed by atoms with Crippen molar-refractivity contribution in [2.24, 2.45) is 16.7 Å². The highest BCUT2D eigenvalue weighted by atomic mass is 32.2. The molecule has 404 valence electrons. The minimum absolute atomic E-state index is 0.0770. The molecule has 0 unspecified atom stereocenters. The van der Waals surface area contributed by atoms with Gasteiger partial charge in [-0.05, 0) is 97.9 Å². The number of nitrogens with one attached hydrogen (secondary N) is 1. The number of H-pyrrole nitrogens is 1. The Balaban J connectivity index is 1.20. The topological polar surface area (TPSA) is 177 Å². The van der Waals surface area contributed by atoms with Crippen molar-refractivity contribution >= 4 is 44.6 Å². The summed E-state index contributed by atoms with van der Waals surface area (Å²) in [6.45, 7) is 12.1. The van der Waals surface area contributed by atoms with Crippen molar-refractivity contribution in [2.45, 2.75) is 113 Å². The number of para-hydroxylation sites is 1. The molecule has 4 aromatic carbocycles. The number of fused-ring (bicyclic) bond motifs is 4. The van der Waals surface area contributed by atoms with Crippen molar-refractivity contribution in [3.8, 4) is 5.75 Å². The maximum Gasteiger partial charge on any atom is 0.344 e. The number of carbonyl (C=O) groups is 3. The maximum absolute atomic E-state index is 16.0. The Labute approximate surface area is 446 Å². The molecule has 76 heavy (non-hydrogen) atoms. The van der Waals surface area contributed by atoms with Gasteiger partial charge in [0.1, 0.15) is 11.2 Å². The summed E-state index contributed by atoms with van der Waals surface area (Å²) in [5.41, 5.74) is -0.193. The summed E-state index contributed by atoms with van der Waals surface area (Å²) in [7, 11) is 1.97. The number of rotatable bonds is 14. The summed E-state index contributed by atoms with van der Waals surface area (Å²) in [4.78, 5) is 54.5. The molecule has 1 saturated heterocycles. The van der Waals surface area contributed by atoms with Crippen LogP contribution in [0.25, 0.3) is 10.9 Å². The minimum atomic E-state index is -4.12. The fourth-order valence-electron chi connectivity index (χ4n) is 14.9. The van der Waals surface area contributed by atoms with Crippen LogP contribution in [-0.4, -0.2) is 131 Å². The Kier molecular flexibility index (Phi) is 13.9. The predicted octanol–water partition coefficient (Wildman–Crippen LogP) is 7.78. The molecule has 2 fully saturated rings. The summed E-state index contributed by atoms with van der Waals surface area (Å²) in [5.74, 6) is -1.98. The van der Waals surface area contributed by atoms with Crippen molar-refractivity contribution in [2.75, 3.05) is 66.1 Å². The first-order chi connectivity index (χ1) is 36.2. The lowest BCUT2D eigenvalue weighted by atomic mass is 9.47. The van der Waals surface area contributed by atoms with E-state index < -0.39 is 67.4 Å². The Bertz CT molecular complexity index is 3200. The average molecular weight is 1060 g/mol. The summed E-state index contributed by atoms with van der Waals surface area (Å²) < 4.78 is 57.9. The standard InChI is InChI=1S/C60H72N4O11S/c1-10-57-26-16-28-64-30-27-58(51(57)64)45-31-46(49(71-7)32-48(45)62(6)52(58)60(68,55(67)73-9)53(57)75-39(3)65)59(54(66)72-8)34-41(33-56(4,5)37-74-76(69,70)42-23-21-38(2)22-24-42)36-63(35-40-17-12-11-13-18-40)29-25-44-43-19-14-15-20-47(43)61-50(44)59/h11-24,26,31-32,41,51-53,61,68H,10,25,27-30,33-37H2,1-9H3/t41-,51-,52+,53+,57+,58+,59-,60-/m0/s1. The van der Waals surface area contributed by atoms with Gasteiger partial charge in [-0.2, -0.15) is 8.42 Å². The Morgan fingerprint density at radius 2 is 1.61 bits per heavy atom. The highest BCUT2D eigenvalue weighted by Gasteiger charge is 2.80. The first-order valence-electron chi connectivity index (χ1n) is 26.5. The van der Waals surface area contributed by atoms with E-state index in [1.807, 2.05) is 94.3 Å². The first-order valence-corrected chi connectivity index (χ1v) is 27.9. The molecule has 1 aliphatic carbocycles. The molecule has 5 aromatic rings. The van der Waals surface area contributed by atoms with Crippen LogP contribution in [0.3, 0.4) is 0 Å². The zero-order valence-corrected chi connectivity index (χ0v) is 46.0. The van der Waals surface area contributed by atoms with Gasteiger partial charge in [0.25, 0.3) is 10.1 Å². The molecule has 4 aliphatic heterocycles. The molecule has 1 spiro atoms. The summed E-state index contributed by atoms with van der Waals surface area (Å²) in [6, 6.07) is 27.6. The Morgan fingerprint density at radius 1 is 0.895 bits per heavy atom. The van der Waals surface area contributed by atoms with Gasteiger partial charge in [0, 0.05) is 90.9 Å². The zero-order chi connectivity index (χ0) is 54.2. The molecule has 15 nitrogen and oxygen atoms in total. The monoisotopic (exact) mass is 1060 g/mol. The number of likely N-dealkylation sites (N-methyl/N-ethyl adjacent to an activating group) is 1. The van der Waals surface area contributed by atoms with Gasteiger partial charge < -0.3 is 33.9 Å². The molecule has 0 bridgehead atoms. The van der Waals surface area contributed by atoms with E-state index in [0.29, 0.717) is 81.1 Å². The van der Waals surface area contributed by atoms with E-state index in [0.717, 1.165) is 33.2 Å². The molecule has 10 rings (SSSR count). The fraction of sp³-hybridized carbons (Fsp3) is 0.483. The summed E-state index contributed by atoms with van der Waals surface area (Å²) >= 11 is 0. The van der Waals surface area contributed by atoms with Gasteiger partial charge in [-0.3, -0.25) is 23.6 Å². The molecule has 0 radical (unpaired) electrons. The minimum Gasteiger partial charge on any atom is -0.496 e. The van der Waals surface area contributed by atoms with Crippen molar-refractivity contribution < 1.29 is 51.0 Å². The number of carbonyl (C=O) groups excluding carboxylic acids is 3. The number of nitrogens with zero attached hydrogens (tertiary/aromatic N) is 3. The van der Waals surface area contributed by atoms with Crippen LogP contribution in [0.2, 0.25) is 0 Å². The van der Waals surface area contributed by atoms with Crippen LogP contribution in [0.5, 0.6) is 5.75 Å². The fourth-order valence-corrected chi connectivity index (χ4v) is 16.0. The average Bonchev–Trinajstić information content (AvgIpc) is 4.18. The van der Waals surface area contributed by atoms with Crippen LogP contribution in [0.1, 0.15) is 86.9 Å². The number of ether oxygens (including phenoxy) is 4. The highest BCUT2D eigenvalue weighted by Crippen LogP contribution is 2.68. The number of aryl methyl sites for hydroxylation is 1. The van der Waals surface area contributed by atoms with Crippen LogP contribution < -0.4 is 9.64 Å². The molecule has 5 aliphatic rings. The molecule has 8 atom stereocenters. The largest absolute Gasteiger partial charge is 0.496 e. The number of anilines is 1. The van der Waals surface area contributed by atoms with E-state index in [1.165, 1.54) is 21.1 Å². The predicted molar refractivity (Wildman–Crippen MR) is 289 cm³/mol. The van der Waals surface area contributed by atoms with Gasteiger partial charge >= 0.3 is 17.9 Å². The Hall–Kier alpha value is -6.04. The van der Waals surface area contributed by atoms with Gasteiger partial charge in [0.2, 0.25) is 5.60 Å². The van der Waals surface area contributed by atoms with Crippen molar-refractivity contribution in [3.05, 3.63) is 137 Å². The van der Waals surface area contributed by atoms with E-state index in [2.05, 4.69) is 39.0 Å². The lowest BCUT2D eigenvalue weighted by Crippen LogP contribution is -2.81. The lowest BCUT2D eigenvalue weighted by Gasteiger charge is -2.63. The SMILES string of the molecule is CC[C@]12C=CCN3CC[C@@]4(c5cc([C@@]6(C(=O)OC)C[C@H](CC(C)(C)COS(=O)(=O)c7ccc(C)cc7)CN(Cc7ccccc7)CCc7c6[nH]c6ccccc76)c(OC)cc5N(C)[C@H]4[C@@](O)(C(=O)OC)[C@@H]1OC(C)=O)[C@@H]32. The first kappa shape index (κ1) is 53.4. The van der Waals surface area contributed by atoms with E-state index >= 15 is 4.79 Å². The van der Waals surface area contributed by atoms with Crippen molar-refractivity contribution in [1.29, 1.82) is 0 Å². The van der Waals surface area contributed by atoms with Gasteiger partial charge in [0.15, 0.2) is 6.10 Å². The van der Waals surface area contributed by atoms with Gasteiger partial charge in [0.05, 0.1) is 38.9 Å². The van der Waals surface area contributed by atoms with Crippen LogP contribution >= 0.6 is 0 Å². The normalized spacial score (nSPS) is 28.3. The Morgan fingerprint density at radius 3 is 2.29 bits per heavy atom. The number of benzene rings is 4. The molecule has 2 N–H and O–H groups in total. The molecular weight excluding hydrogens is 985 g/mol. The number of hydrogen-bond acceptors (Lipinski definition) is 14. The second kappa shape index (κ2) is 19.8. The molecule has 1 aromatic heterocycles. The third-order valence-electron chi connectivity index (χ3n) is 17.8. The van der Waals surface area contributed by atoms with E-state index in [1.54, 1.807) is 31.4 Å². The third-order valence-corrected chi connectivity index (χ3v) is 19.0. The van der Waals surface area contributed by atoms with Crippen molar-refractivity contribution in [1.82, 2.24) is 14.8 Å². The van der Waals surface area contributed by atoms with Gasteiger partial charge in [-0.25, -0.2) is 4.79 Å². The third kappa shape index (κ3) is 8.36. The molecule has 16 heteroatoms. The second-order valence-electron chi connectivity index (χ2n) is 22.8. The molecule has 1 saturated carbocycles. The van der Waals surface area contributed by atoms with Crippen molar-refractivity contribution in [3.63, 3.8) is 0 Å². The number of methoxy groups -OCH3 is 3. The molecule has 5 heterocycles.